The summed E-state index contributed by atoms with van der Waals surface area (Å²) < 4.78 is 5.72. The molecule has 0 N–H and O–H groups in total. The zero-order chi connectivity index (χ0) is 10.0. The average molecular weight is 541 g/mol. The van der Waals surface area contributed by atoms with E-state index in [9.17, 15) is 0 Å². The zero-order valence-electron chi connectivity index (χ0n) is 5.52. The van der Waals surface area contributed by atoms with Crippen LogP contribution in [0.25, 0.3) is 0 Å². The summed E-state index contributed by atoms with van der Waals surface area (Å²) >= 11 is 13.2. The molecule has 0 saturated heterocycles. The minimum atomic E-state index is 1.40. The molecule has 0 aromatic heterocycles. The van der Waals surface area contributed by atoms with Gasteiger partial charge in [-0.25, -0.2) is 0 Å². The summed E-state index contributed by atoms with van der Waals surface area (Å²) in [5.41, 5.74) is 0. The third kappa shape index (κ3) is 91.7. The summed E-state index contributed by atoms with van der Waals surface area (Å²) in [6.07, 6.45) is 0. The Morgan fingerprint density at radius 1 is 1.00 bits per heavy atom. The summed E-state index contributed by atoms with van der Waals surface area (Å²) in [4.78, 5) is 0. The van der Waals surface area contributed by atoms with E-state index in [0.29, 0.717) is 0 Å². The van der Waals surface area contributed by atoms with E-state index in [1.807, 2.05) is 0 Å². The highest BCUT2D eigenvalue weighted by Gasteiger charge is 0.936. The average Bonchev–Trinajstić information content (AvgIpc) is 2.20. The predicted octanol–water partition coefficient (Wildman–Crippen LogP) is 4.27. The fourth-order valence-corrected chi connectivity index (χ4v) is 0. The van der Waals surface area contributed by atoms with E-state index in [1.54, 1.807) is 0 Å². The van der Waals surface area contributed by atoms with Crippen molar-refractivity contribution in [2.75, 3.05) is 0 Å². The number of hydrogen-bond donors (Lipinski definition) is 0. The minimum Gasteiger partial charge on any atom is -0.107 e. The van der Waals surface area contributed by atoms with Gasteiger partial charge in [-0.15, -0.1) is 23.8 Å². The van der Waals surface area contributed by atoms with E-state index < -0.39 is 0 Å². The Kier molecular flexibility index (Phi) is 285. The Morgan fingerprint density at radius 3 is 1.00 bits per heavy atom. The molecule has 0 rings (SSSR count). The Morgan fingerprint density at radius 2 is 1.00 bits per heavy atom. The lowest BCUT2D eigenvalue weighted by Gasteiger charge is -1.07. The van der Waals surface area contributed by atoms with Gasteiger partial charge >= 0.3 is 0 Å². The van der Waals surface area contributed by atoms with Crippen molar-refractivity contribution in [2.45, 2.75) is 0 Å². The van der Waals surface area contributed by atoms with E-state index in [0.717, 1.165) is 0 Å². The van der Waals surface area contributed by atoms with Crippen LogP contribution in [0.1, 0.15) is 0 Å². The maximum atomic E-state index is 5.72. The van der Waals surface area contributed by atoms with Gasteiger partial charge in [0.1, 0.15) is 0.594 Å². The first kappa shape index (κ1) is 22.8. The number of halogens is 3. The standard InChI is InChI=1S/2CH2S.2H2IP.HI/c4*1-2;/h2*1H2;2*2H2;1H/i/hD. The van der Waals surface area contributed by atoms with Gasteiger partial charge in [0.2, 0.25) is 0 Å². The molecule has 0 radical (unpaired) electrons. The van der Waals surface area contributed by atoms with Crippen molar-refractivity contribution >= 4 is 118 Å². The highest BCUT2D eigenvalue weighted by molar-refractivity contribution is 14.2. The van der Waals surface area contributed by atoms with Crippen LogP contribution in [-0.4, -0.2) is 12.3 Å². The van der Waals surface area contributed by atoms with Crippen LogP contribution >= 0.6 is 106 Å². The minimum absolute atomic E-state index is 1.40. The lowest BCUT2D eigenvalue weighted by atomic mass is 12.0. The van der Waals surface area contributed by atoms with Crippen LogP contribution in [0, 0.1) is 0 Å². The molecule has 7 heteroatoms. The van der Waals surface area contributed by atoms with E-state index in [-0.39, 0.29) is 0 Å². The Bertz CT molecular complexity index is 24.5. The highest BCUT2D eigenvalue weighted by atomic mass is 127. The van der Waals surface area contributed by atoms with Crippen LogP contribution in [0.4, 0.5) is 0 Å². The molecule has 0 aromatic carbocycles. The van der Waals surface area contributed by atoms with Crippen molar-refractivity contribution in [1.29, 1.82) is 0.594 Å². The molecular formula is C2H9I3P2S2. The molecule has 0 aromatic rings. The van der Waals surface area contributed by atoms with Crippen LogP contribution in [0.15, 0.2) is 0 Å². The van der Waals surface area contributed by atoms with Crippen LogP contribution in [0.2, 0.25) is 0 Å². The lowest BCUT2D eigenvalue weighted by molar-refractivity contribution is 4.83. The molecule has 0 bridgehead atoms. The van der Waals surface area contributed by atoms with Crippen LogP contribution in [0.3, 0.4) is 0 Å². The van der Waals surface area contributed by atoms with Crippen molar-refractivity contribution in [1.82, 2.24) is 0 Å². The maximum Gasteiger partial charge on any atom is 0.107 e. The van der Waals surface area contributed by atoms with Crippen LogP contribution < -0.4 is 0 Å². The molecule has 2 unspecified atom stereocenters. The summed E-state index contributed by atoms with van der Waals surface area (Å²) in [5.74, 6) is 5.67. The molecule has 9 heavy (non-hydrogen) atoms. The summed E-state index contributed by atoms with van der Waals surface area (Å²) in [7, 11) is 0. The zero-order valence-corrected chi connectivity index (χ0v) is 14.9. The number of hydrogen-bond acceptors (Lipinski definition) is 2. The third-order valence-electron chi connectivity index (χ3n) is 0. The molecule has 0 amide bonds. The summed E-state index contributed by atoms with van der Waals surface area (Å²) in [6.45, 7) is 4.77. The first-order valence-corrected chi connectivity index (χ1v) is 10.5. The van der Waals surface area contributed by atoms with E-state index in [4.69, 9.17) is 0.594 Å². The lowest BCUT2D eigenvalue weighted by Crippen LogP contribution is -0.661. The Hall–Kier alpha value is 3.23. The monoisotopic (exact) mass is 541 g/mol. The van der Waals surface area contributed by atoms with Gasteiger partial charge in [-0.05, 0) is 11.7 Å². The van der Waals surface area contributed by atoms with Crippen molar-refractivity contribution in [3.8, 4) is 0 Å². The van der Waals surface area contributed by atoms with Gasteiger partial charge in [-0.1, -0.05) is 82.3 Å². The predicted molar refractivity (Wildman–Crippen MR) is 92.3 cm³/mol. The molecule has 60 valence electrons. The van der Waals surface area contributed by atoms with Gasteiger partial charge in [-0.3, -0.25) is 0 Å². The van der Waals surface area contributed by atoms with Crippen LogP contribution in [0.5, 0.6) is 0 Å². The van der Waals surface area contributed by atoms with Crippen molar-refractivity contribution in [3.05, 3.63) is 0 Å². The second kappa shape index (κ2) is 113. The van der Waals surface area contributed by atoms with Gasteiger partial charge < -0.3 is 0 Å². The van der Waals surface area contributed by atoms with Gasteiger partial charge in [0, 0.05) is 0 Å². The van der Waals surface area contributed by atoms with Crippen molar-refractivity contribution in [2.24, 2.45) is 0 Å². The molecule has 0 fully saturated rings. The van der Waals surface area contributed by atoms with Gasteiger partial charge in [0.25, 0.3) is 0 Å². The third-order valence-corrected chi connectivity index (χ3v) is 0. The topological polar surface area (TPSA) is 0 Å². The summed E-state index contributed by atoms with van der Waals surface area (Å²) in [5, 5.41) is 0. The molecule has 0 nitrogen and oxygen atoms in total. The van der Waals surface area contributed by atoms with Crippen molar-refractivity contribution in [3.63, 3.8) is 0 Å². The van der Waals surface area contributed by atoms with Crippen molar-refractivity contribution < 1.29 is 0 Å². The molecule has 0 aliphatic carbocycles. The second-order valence-corrected chi connectivity index (χ2v) is 0. The molecule has 0 spiro atoms. The fourth-order valence-electron chi connectivity index (χ4n) is 0. The molecule has 0 aliphatic heterocycles. The van der Waals surface area contributed by atoms with Crippen LogP contribution in [-0.2, 0) is 0 Å². The highest BCUT2D eigenvalue weighted by Crippen LogP contribution is 1.88. The molecule has 0 saturated carbocycles. The molecule has 2 atom stereocenters. The molecule has 0 aliphatic rings. The first-order valence-electron chi connectivity index (χ1n) is 1.39. The molecular weight excluding hydrogens is 531 g/mol. The van der Waals surface area contributed by atoms with Gasteiger partial charge in [0.15, 0.2) is 0 Å². The largest absolute Gasteiger partial charge is 0.107 e. The second-order valence-electron chi connectivity index (χ2n) is 0. The van der Waals surface area contributed by atoms with E-state index >= 15 is 0 Å². The summed E-state index contributed by atoms with van der Waals surface area (Å²) in [6, 6.07) is 0. The maximum absolute atomic E-state index is 5.72. The first-order chi connectivity index (χ1) is 5.00. The Labute approximate surface area is 116 Å². The number of thiocarbonyl (C=S) groups is 2. The van der Waals surface area contributed by atoms with E-state index in [1.165, 1.54) is 23.8 Å². The quantitative estimate of drug-likeness (QED) is 0.256. The fraction of sp³-hybridized carbons (Fsp3) is 0. The van der Waals surface area contributed by atoms with E-state index in [2.05, 4.69) is 94.0 Å². The van der Waals surface area contributed by atoms with Gasteiger partial charge in [0.05, 0.1) is 0 Å². The Balaban J connectivity index is -0.0000000104. The number of rotatable bonds is 0. The molecule has 0 heterocycles. The SMILES string of the molecule is C=S.C=S.PI.PI.[2H]I. The van der Waals surface area contributed by atoms with Gasteiger partial charge in [-0.2, -0.15) is 0 Å². The smallest absolute Gasteiger partial charge is 0.107 e. The normalized spacial score (nSPS) is 3.00.